The summed E-state index contributed by atoms with van der Waals surface area (Å²) >= 11 is 5.85. The molecule has 0 saturated carbocycles. The Balaban J connectivity index is 1.38. The fourth-order valence-electron chi connectivity index (χ4n) is 3.36. The van der Waals surface area contributed by atoms with Crippen molar-refractivity contribution < 1.29 is 9.59 Å². The zero-order chi connectivity index (χ0) is 20.6. The van der Waals surface area contributed by atoms with E-state index < -0.39 is 0 Å². The molecule has 29 heavy (non-hydrogen) atoms. The number of piperazine rings is 1. The SMILES string of the molecule is CN(CC(=O)Nc1ccc(Cl)cc1)CC(=O)N1CCN(Cc2ccccc2)CC1. The van der Waals surface area contributed by atoms with Crippen molar-refractivity contribution in [1.29, 1.82) is 0 Å². The lowest BCUT2D eigenvalue weighted by atomic mass is 10.2. The molecule has 1 N–H and O–H groups in total. The van der Waals surface area contributed by atoms with Gasteiger partial charge in [-0.3, -0.25) is 19.4 Å². The lowest BCUT2D eigenvalue weighted by Gasteiger charge is -2.35. The molecule has 2 aromatic carbocycles. The predicted molar refractivity (Wildman–Crippen MR) is 116 cm³/mol. The minimum Gasteiger partial charge on any atom is -0.339 e. The number of carbonyl (C=O) groups excluding carboxylic acids is 2. The number of rotatable bonds is 7. The molecule has 1 aliphatic heterocycles. The summed E-state index contributed by atoms with van der Waals surface area (Å²) in [6.45, 7) is 4.46. The van der Waals surface area contributed by atoms with Gasteiger partial charge in [0.25, 0.3) is 0 Å². The van der Waals surface area contributed by atoms with E-state index in [4.69, 9.17) is 11.6 Å². The van der Waals surface area contributed by atoms with Gasteiger partial charge < -0.3 is 10.2 Å². The largest absolute Gasteiger partial charge is 0.339 e. The number of anilines is 1. The first-order chi connectivity index (χ1) is 14.0. The normalized spacial score (nSPS) is 14.8. The van der Waals surface area contributed by atoms with Crippen LogP contribution in [0.3, 0.4) is 0 Å². The van der Waals surface area contributed by atoms with Gasteiger partial charge in [0.15, 0.2) is 0 Å². The fraction of sp³-hybridized carbons (Fsp3) is 0.364. The number of likely N-dealkylation sites (N-methyl/N-ethyl adjacent to an activating group) is 1. The van der Waals surface area contributed by atoms with Gasteiger partial charge in [0.2, 0.25) is 11.8 Å². The van der Waals surface area contributed by atoms with Gasteiger partial charge in [-0.15, -0.1) is 0 Å². The average Bonchev–Trinajstić information content (AvgIpc) is 2.71. The number of hydrogen-bond acceptors (Lipinski definition) is 4. The zero-order valence-electron chi connectivity index (χ0n) is 16.7. The number of benzene rings is 2. The molecule has 1 fully saturated rings. The summed E-state index contributed by atoms with van der Waals surface area (Å²) in [5.41, 5.74) is 1.98. The first kappa shape index (κ1) is 21.3. The summed E-state index contributed by atoms with van der Waals surface area (Å²) in [6.07, 6.45) is 0. The van der Waals surface area contributed by atoms with Crippen LogP contribution >= 0.6 is 11.6 Å². The Morgan fingerprint density at radius 3 is 2.28 bits per heavy atom. The Kier molecular flexibility index (Phi) is 7.63. The van der Waals surface area contributed by atoms with E-state index in [0.717, 1.165) is 32.7 Å². The number of amides is 2. The molecule has 0 atom stereocenters. The summed E-state index contributed by atoms with van der Waals surface area (Å²) in [5, 5.41) is 3.43. The molecule has 1 saturated heterocycles. The minimum atomic E-state index is -0.157. The highest BCUT2D eigenvalue weighted by atomic mass is 35.5. The molecule has 0 aliphatic carbocycles. The molecule has 0 radical (unpaired) electrons. The van der Waals surface area contributed by atoms with E-state index in [1.807, 2.05) is 23.1 Å². The van der Waals surface area contributed by atoms with Crippen molar-refractivity contribution in [2.45, 2.75) is 6.54 Å². The number of nitrogens with one attached hydrogen (secondary N) is 1. The average molecular weight is 415 g/mol. The van der Waals surface area contributed by atoms with Gasteiger partial charge in [-0.05, 0) is 36.9 Å². The van der Waals surface area contributed by atoms with E-state index in [0.29, 0.717) is 10.7 Å². The maximum atomic E-state index is 12.6. The maximum Gasteiger partial charge on any atom is 0.238 e. The molecule has 0 aromatic heterocycles. The second-order valence-electron chi connectivity index (χ2n) is 7.37. The predicted octanol–water partition coefficient (Wildman–Crippen LogP) is 2.55. The highest BCUT2D eigenvalue weighted by molar-refractivity contribution is 6.30. The monoisotopic (exact) mass is 414 g/mol. The number of halogens is 1. The van der Waals surface area contributed by atoms with Crippen LogP contribution in [0.4, 0.5) is 5.69 Å². The van der Waals surface area contributed by atoms with Gasteiger partial charge in [-0.1, -0.05) is 41.9 Å². The van der Waals surface area contributed by atoms with Crippen molar-refractivity contribution in [2.24, 2.45) is 0 Å². The Bertz CT molecular complexity index is 805. The van der Waals surface area contributed by atoms with Crippen molar-refractivity contribution in [2.75, 3.05) is 51.6 Å². The van der Waals surface area contributed by atoms with Crippen molar-refractivity contribution in [3.05, 3.63) is 65.2 Å². The van der Waals surface area contributed by atoms with Crippen LogP contribution in [0.1, 0.15) is 5.56 Å². The molecule has 2 aromatic rings. The third-order valence-corrected chi connectivity index (χ3v) is 5.17. The van der Waals surface area contributed by atoms with Crippen LogP contribution < -0.4 is 5.32 Å². The van der Waals surface area contributed by atoms with Gasteiger partial charge in [0.05, 0.1) is 13.1 Å². The van der Waals surface area contributed by atoms with Crippen LogP contribution in [-0.4, -0.2) is 72.8 Å². The molecule has 0 unspecified atom stereocenters. The molecule has 154 valence electrons. The van der Waals surface area contributed by atoms with Crippen molar-refractivity contribution in [3.63, 3.8) is 0 Å². The first-order valence-electron chi connectivity index (χ1n) is 9.77. The van der Waals surface area contributed by atoms with Gasteiger partial charge in [-0.2, -0.15) is 0 Å². The number of carbonyl (C=O) groups is 2. The Morgan fingerprint density at radius 2 is 1.62 bits per heavy atom. The molecule has 3 rings (SSSR count). The Hall–Kier alpha value is -2.41. The highest BCUT2D eigenvalue weighted by Gasteiger charge is 2.22. The lowest BCUT2D eigenvalue weighted by Crippen LogP contribution is -2.51. The number of hydrogen-bond donors (Lipinski definition) is 1. The highest BCUT2D eigenvalue weighted by Crippen LogP contribution is 2.13. The van der Waals surface area contributed by atoms with E-state index in [2.05, 4.69) is 22.3 Å². The van der Waals surface area contributed by atoms with E-state index in [9.17, 15) is 9.59 Å². The van der Waals surface area contributed by atoms with Crippen molar-refractivity contribution in [1.82, 2.24) is 14.7 Å². The molecule has 6 nitrogen and oxygen atoms in total. The molecule has 1 heterocycles. The fourth-order valence-corrected chi connectivity index (χ4v) is 3.49. The molecule has 0 spiro atoms. The smallest absolute Gasteiger partial charge is 0.238 e. The van der Waals surface area contributed by atoms with Gasteiger partial charge >= 0.3 is 0 Å². The summed E-state index contributed by atoms with van der Waals surface area (Å²) in [6, 6.07) is 17.3. The Labute approximate surface area is 177 Å². The van der Waals surface area contributed by atoms with E-state index in [-0.39, 0.29) is 24.9 Å². The molecular weight excluding hydrogens is 388 g/mol. The van der Waals surface area contributed by atoms with E-state index >= 15 is 0 Å². The minimum absolute atomic E-state index is 0.0613. The van der Waals surface area contributed by atoms with E-state index in [1.54, 1.807) is 36.2 Å². The van der Waals surface area contributed by atoms with Crippen LogP contribution in [0.5, 0.6) is 0 Å². The number of nitrogens with zero attached hydrogens (tertiary/aromatic N) is 3. The molecule has 7 heteroatoms. The molecular formula is C22H27ClN4O2. The lowest BCUT2D eigenvalue weighted by molar-refractivity contribution is -0.134. The summed E-state index contributed by atoms with van der Waals surface area (Å²) in [4.78, 5) is 30.7. The van der Waals surface area contributed by atoms with Gasteiger partial charge in [0.1, 0.15) is 0 Å². The maximum absolute atomic E-state index is 12.6. The standard InChI is InChI=1S/C22H27ClN4O2/c1-25(16-21(28)24-20-9-7-19(23)8-10-20)17-22(29)27-13-11-26(12-14-27)15-18-5-3-2-4-6-18/h2-10H,11-17H2,1H3,(H,24,28). The summed E-state index contributed by atoms with van der Waals surface area (Å²) in [7, 11) is 1.78. The van der Waals surface area contributed by atoms with Crippen molar-refractivity contribution >= 4 is 29.1 Å². The van der Waals surface area contributed by atoms with Crippen LogP contribution in [0.15, 0.2) is 54.6 Å². The Morgan fingerprint density at radius 1 is 0.966 bits per heavy atom. The van der Waals surface area contributed by atoms with Crippen LogP contribution in [-0.2, 0) is 16.1 Å². The third kappa shape index (κ3) is 6.85. The molecule has 1 aliphatic rings. The van der Waals surface area contributed by atoms with Crippen molar-refractivity contribution in [3.8, 4) is 0 Å². The van der Waals surface area contributed by atoms with Crippen LogP contribution in [0.2, 0.25) is 5.02 Å². The molecule has 0 bridgehead atoms. The quantitative estimate of drug-likeness (QED) is 0.756. The molecule has 2 amide bonds. The van der Waals surface area contributed by atoms with E-state index in [1.165, 1.54) is 5.56 Å². The van der Waals surface area contributed by atoms with Gasteiger partial charge in [-0.25, -0.2) is 0 Å². The topological polar surface area (TPSA) is 55.9 Å². The second-order valence-corrected chi connectivity index (χ2v) is 7.81. The first-order valence-corrected chi connectivity index (χ1v) is 10.2. The van der Waals surface area contributed by atoms with Crippen LogP contribution in [0.25, 0.3) is 0 Å². The van der Waals surface area contributed by atoms with Gasteiger partial charge in [0, 0.05) is 43.4 Å². The zero-order valence-corrected chi connectivity index (χ0v) is 17.4. The second kappa shape index (κ2) is 10.4. The summed E-state index contributed by atoms with van der Waals surface area (Å²) < 4.78 is 0. The summed E-state index contributed by atoms with van der Waals surface area (Å²) in [5.74, 6) is -0.0959. The van der Waals surface area contributed by atoms with Crippen LogP contribution in [0, 0.1) is 0 Å². The third-order valence-electron chi connectivity index (χ3n) is 4.92.